The van der Waals surface area contributed by atoms with E-state index in [4.69, 9.17) is 5.26 Å². The van der Waals surface area contributed by atoms with Crippen LogP contribution in [0.25, 0.3) is 0 Å². The van der Waals surface area contributed by atoms with E-state index in [1.807, 2.05) is 0 Å². The van der Waals surface area contributed by atoms with Gasteiger partial charge in [-0.2, -0.15) is 14.0 Å². The SMILES string of the molecule is CN(CC#N)C(=O)c1sccc1OC(F)F. The molecule has 1 amide bonds. The Labute approximate surface area is 94.7 Å². The van der Waals surface area contributed by atoms with Gasteiger partial charge in [0.2, 0.25) is 0 Å². The van der Waals surface area contributed by atoms with Gasteiger partial charge in [0.25, 0.3) is 5.91 Å². The zero-order chi connectivity index (χ0) is 12.1. The maximum atomic E-state index is 12.0. The zero-order valence-electron chi connectivity index (χ0n) is 8.31. The van der Waals surface area contributed by atoms with Crippen LogP contribution in [0.4, 0.5) is 8.78 Å². The van der Waals surface area contributed by atoms with Crippen molar-refractivity contribution in [2.24, 2.45) is 0 Å². The summed E-state index contributed by atoms with van der Waals surface area (Å²) in [6.45, 7) is -3.08. The topological polar surface area (TPSA) is 53.3 Å². The van der Waals surface area contributed by atoms with Crippen LogP contribution in [0.15, 0.2) is 11.4 Å². The number of rotatable bonds is 4. The van der Waals surface area contributed by atoms with Gasteiger partial charge in [0.1, 0.15) is 17.2 Å². The zero-order valence-corrected chi connectivity index (χ0v) is 9.13. The van der Waals surface area contributed by atoms with Crippen LogP contribution in [0, 0.1) is 11.3 Å². The Kier molecular flexibility index (Phi) is 4.19. The number of nitriles is 1. The van der Waals surface area contributed by atoms with E-state index in [9.17, 15) is 13.6 Å². The van der Waals surface area contributed by atoms with Gasteiger partial charge in [-0.15, -0.1) is 11.3 Å². The van der Waals surface area contributed by atoms with E-state index in [1.54, 1.807) is 6.07 Å². The molecular formula is C9H8F2N2O2S. The van der Waals surface area contributed by atoms with Crippen LogP contribution >= 0.6 is 11.3 Å². The molecule has 16 heavy (non-hydrogen) atoms. The van der Waals surface area contributed by atoms with Gasteiger partial charge < -0.3 is 9.64 Å². The number of carbonyl (C=O) groups is 1. The summed E-state index contributed by atoms with van der Waals surface area (Å²) in [5.74, 6) is -0.665. The highest BCUT2D eigenvalue weighted by atomic mass is 32.1. The second-order valence-electron chi connectivity index (χ2n) is 2.81. The highest BCUT2D eigenvalue weighted by molar-refractivity contribution is 7.12. The average Bonchev–Trinajstić information content (AvgIpc) is 2.64. The third-order valence-electron chi connectivity index (χ3n) is 1.69. The number of alkyl halides is 2. The molecule has 0 aliphatic heterocycles. The second kappa shape index (κ2) is 5.42. The number of thiophene rings is 1. The molecular weight excluding hydrogens is 238 g/mol. The molecule has 7 heteroatoms. The van der Waals surface area contributed by atoms with Crippen LogP contribution in [-0.2, 0) is 0 Å². The lowest BCUT2D eigenvalue weighted by Gasteiger charge is -2.12. The third kappa shape index (κ3) is 2.90. The van der Waals surface area contributed by atoms with Crippen molar-refractivity contribution in [2.45, 2.75) is 6.61 Å². The highest BCUT2D eigenvalue weighted by Gasteiger charge is 2.20. The summed E-state index contributed by atoms with van der Waals surface area (Å²) < 4.78 is 28.2. The summed E-state index contributed by atoms with van der Waals surface area (Å²) in [7, 11) is 1.41. The van der Waals surface area contributed by atoms with Gasteiger partial charge in [0.05, 0.1) is 6.07 Å². The standard InChI is InChI=1S/C9H8F2N2O2S/c1-13(4-3-12)8(14)7-6(2-5-16-7)15-9(10)11/h2,5,9H,4H2,1H3. The quantitative estimate of drug-likeness (QED) is 0.763. The molecule has 0 saturated heterocycles. The molecule has 0 atom stereocenters. The maximum absolute atomic E-state index is 12.0. The number of hydrogen-bond donors (Lipinski definition) is 0. The Morgan fingerprint density at radius 1 is 1.75 bits per heavy atom. The molecule has 1 aromatic rings. The molecule has 1 rings (SSSR count). The summed E-state index contributed by atoms with van der Waals surface area (Å²) in [6, 6.07) is 3.09. The lowest BCUT2D eigenvalue weighted by molar-refractivity contribution is -0.0499. The first-order valence-electron chi connectivity index (χ1n) is 4.21. The molecule has 0 spiro atoms. The van der Waals surface area contributed by atoms with E-state index in [0.29, 0.717) is 0 Å². The van der Waals surface area contributed by atoms with Crippen LogP contribution in [0.3, 0.4) is 0 Å². The van der Waals surface area contributed by atoms with Crippen LogP contribution in [0.5, 0.6) is 5.75 Å². The highest BCUT2D eigenvalue weighted by Crippen LogP contribution is 2.27. The van der Waals surface area contributed by atoms with Gasteiger partial charge >= 0.3 is 6.61 Å². The minimum atomic E-state index is -2.97. The average molecular weight is 246 g/mol. The number of ether oxygens (including phenoxy) is 1. The van der Waals surface area contributed by atoms with Gasteiger partial charge in [-0.3, -0.25) is 4.79 Å². The fourth-order valence-corrected chi connectivity index (χ4v) is 1.81. The Bertz CT molecular complexity index is 414. The van der Waals surface area contributed by atoms with Crippen molar-refractivity contribution in [3.05, 3.63) is 16.3 Å². The molecule has 4 nitrogen and oxygen atoms in total. The molecule has 1 heterocycles. The van der Waals surface area contributed by atoms with E-state index in [-0.39, 0.29) is 17.2 Å². The second-order valence-corrected chi connectivity index (χ2v) is 3.73. The van der Waals surface area contributed by atoms with Crippen LogP contribution in [0.1, 0.15) is 9.67 Å². The fourth-order valence-electron chi connectivity index (χ4n) is 0.993. The Balaban J connectivity index is 2.84. The van der Waals surface area contributed by atoms with E-state index in [0.717, 1.165) is 16.2 Å². The van der Waals surface area contributed by atoms with Crippen molar-refractivity contribution < 1.29 is 18.3 Å². The van der Waals surface area contributed by atoms with Crippen LogP contribution < -0.4 is 4.74 Å². The summed E-state index contributed by atoms with van der Waals surface area (Å²) in [5, 5.41) is 9.88. The molecule has 0 saturated carbocycles. The van der Waals surface area contributed by atoms with E-state index in [1.165, 1.54) is 18.5 Å². The minimum absolute atomic E-state index is 0.0676. The largest absolute Gasteiger partial charge is 0.433 e. The molecule has 0 aliphatic rings. The van der Waals surface area contributed by atoms with Crippen molar-refractivity contribution in [3.63, 3.8) is 0 Å². The molecule has 86 valence electrons. The Morgan fingerprint density at radius 2 is 2.44 bits per heavy atom. The van der Waals surface area contributed by atoms with Gasteiger partial charge in [-0.1, -0.05) is 0 Å². The molecule has 0 fully saturated rings. The molecule has 0 aromatic carbocycles. The molecule has 0 aliphatic carbocycles. The van der Waals surface area contributed by atoms with Gasteiger partial charge in [-0.25, -0.2) is 0 Å². The van der Waals surface area contributed by atoms with Crippen molar-refractivity contribution in [3.8, 4) is 11.8 Å². The predicted octanol–water partition coefficient (Wildman–Crippen LogP) is 1.95. The molecule has 0 bridgehead atoms. The fraction of sp³-hybridized carbons (Fsp3) is 0.333. The van der Waals surface area contributed by atoms with Crippen molar-refractivity contribution in [1.29, 1.82) is 5.26 Å². The molecule has 0 radical (unpaired) electrons. The lowest BCUT2D eigenvalue weighted by atomic mass is 10.4. The van der Waals surface area contributed by atoms with Gasteiger partial charge in [0, 0.05) is 7.05 Å². The Morgan fingerprint density at radius 3 is 3.00 bits per heavy atom. The van der Waals surface area contributed by atoms with Crippen molar-refractivity contribution in [1.82, 2.24) is 4.90 Å². The van der Waals surface area contributed by atoms with E-state index < -0.39 is 12.5 Å². The van der Waals surface area contributed by atoms with E-state index in [2.05, 4.69) is 4.74 Å². The lowest BCUT2D eigenvalue weighted by Crippen LogP contribution is -2.26. The molecule has 0 N–H and O–H groups in total. The number of nitrogens with zero attached hydrogens (tertiary/aromatic N) is 2. The first-order valence-corrected chi connectivity index (χ1v) is 5.09. The van der Waals surface area contributed by atoms with Gasteiger partial charge in [-0.05, 0) is 11.4 Å². The summed E-state index contributed by atoms with van der Waals surface area (Å²) >= 11 is 0.995. The van der Waals surface area contributed by atoms with E-state index >= 15 is 0 Å². The maximum Gasteiger partial charge on any atom is 0.387 e. The summed E-state index contributed by atoms with van der Waals surface area (Å²) in [6.07, 6.45) is 0. The number of halogens is 2. The number of hydrogen-bond acceptors (Lipinski definition) is 4. The monoisotopic (exact) mass is 246 g/mol. The normalized spacial score (nSPS) is 9.94. The number of carbonyl (C=O) groups excluding carboxylic acids is 1. The predicted molar refractivity (Wildman–Crippen MR) is 53.5 cm³/mol. The first-order chi connectivity index (χ1) is 7.56. The van der Waals surface area contributed by atoms with Crippen LogP contribution in [0.2, 0.25) is 0 Å². The summed E-state index contributed by atoms with van der Waals surface area (Å²) in [4.78, 5) is 12.9. The summed E-state index contributed by atoms with van der Waals surface area (Å²) in [5.41, 5.74) is 0. The first kappa shape index (κ1) is 12.4. The molecule has 1 aromatic heterocycles. The third-order valence-corrected chi connectivity index (χ3v) is 2.58. The van der Waals surface area contributed by atoms with Crippen molar-refractivity contribution >= 4 is 17.2 Å². The Hall–Kier alpha value is -1.68. The smallest absolute Gasteiger partial charge is 0.387 e. The van der Waals surface area contributed by atoms with Crippen molar-refractivity contribution in [2.75, 3.05) is 13.6 Å². The minimum Gasteiger partial charge on any atom is -0.433 e. The molecule has 0 unspecified atom stereocenters. The number of amides is 1. The van der Waals surface area contributed by atoms with Gasteiger partial charge in [0.15, 0.2) is 0 Å². The van der Waals surface area contributed by atoms with Crippen LogP contribution in [-0.4, -0.2) is 31.0 Å².